The van der Waals surface area contributed by atoms with Crippen molar-refractivity contribution in [3.8, 4) is 5.75 Å². The summed E-state index contributed by atoms with van der Waals surface area (Å²) in [5.41, 5.74) is 6.85. The summed E-state index contributed by atoms with van der Waals surface area (Å²) in [7, 11) is 1.64. The average Bonchev–Trinajstić information content (AvgIpc) is 2.39. The molecule has 2 aromatic rings. The van der Waals surface area contributed by atoms with Gasteiger partial charge in [-0.25, -0.2) is 0 Å². The third kappa shape index (κ3) is 4.06. The summed E-state index contributed by atoms with van der Waals surface area (Å²) in [5, 5.41) is 0. The van der Waals surface area contributed by atoms with E-state index in [-0.39, 0.29) is 17.0 Å². The number of benzene rings is 1. The Morgan fingerprint density at radius 3 is 2.79 bits per heavy atom. The second kappa shape index (κ2) is 6.89. The van der Waals surface area contributed by atoms with Crippen molar-refractivity contribution in [2.75, 3.05) is 7.11 Å². The molecule has 1 aromatic heterocycles. The van der Waals surface area contributed by atoms with E-state index in [1.54, 1.807) is 25.4 Å². The van der Waals surface area contributed by atoms with Gasteiger partial charge in [-0.1, -0.05) is 12.1 Å². The van der Waals surface area contributed by atoms with Gasteiger partial charge in [0.1, 0.15) is 11.3 Å². The Labute approximate surface area is 122 Å². The van der Waals surface area contributed by atoms with E-state index in [1.807, 2.05) is 35.0 Å². The zero-order valence-electron chi connectivity index (χ0n) is 10.5. The highest BCUT2D eigenvalue weighted by Crippen LogP contribution is 2.12. The maximum atomic E-state index is 11.1. The molecule has 2 N–H and O–H groups in total. The van der Waals surface area contributed by atoms with Gasteiger partial charge in [-0.05, 0) is 18.2 Å². The molecule has 100 valence electrons. The number of nitrogens with zero attached hydrogens (tertiary/aromatic N) is 1. The first kappa shape index (κ1) is 15.2. The lowest BCUT2D eigenvalue weighted by molar-refractivity contribution is -0.688. The van der Waals surface area contributed by atoms with Crippen LogP contribution < -0.4 is 32.0 Å². The van der Waals surface area contributed by atoms with Crippen molar-refractivity contribution in [2.45, 2.75) is 6.54 Å². The predicted octanol–water partition coefficient (Wildman–Crippen LogP) is -1.87. The summed E-state index contributed by atoms with van der Waals surface area (Å²) in [6.45, 7) is 0.665. The van der Waals surface area contributed by atoms with Gasteiger partial charge in [0.05, 0.1) is 7.11 Å². The molecule has 1 aromatic carbocycles. The number of halogens is 1. The molecule has 1 amide bonds. The Morgan fingerprint density at radius 2 is 2.11 bits per heavy atom. The molecule has 0 fully saturated rings. The Bertz CT molecular complexity index is 573. The number of rotatable bonds is 4. The maximum Gasteiger partial charge on any atom is 0.254 e. The first-order valence-corrected chi connectivity index (χ1v) is 5.61. The molecule has 0 atom stereocenters. The molecule has 0 aliphatic heterocycles. The van der Waals surface area contributed by atoms with E-state index in [0.717, 1.165) is 11.3 Å². The fourth-order valence-electron chi connectivity index (χ4n) is 1.75. The summed E-state index contributed by atoms with van der Waals surface area (Å²) in [4.78, 5) is 11.1. The van der Waals surface area contributed by atoms with Crippen LogP contribution >= 0.6 is 0 Å². The first-order valence-electron chi connectivity index (χ1n) is 5.61. The number of aromatic nitrogens is 1. The van der Waals surface area contributed by atoms with Gasteiger partial charge in [-0.3, -0.25) is 4.79 Å². The van der Waals surface area contributed by atoms with Crippen molar-refractivity contribution in [3.63, 3.8) is 0 Å². The highest BCUT2D eigenvalue weighted by molar-refractivity contribution is 5.92. The quantitative estimate of drug-likeness (QED) is 0.671. The van der Waals surface area contributed by atoms with Gasteiger partial charge in [0.15, 0.2) is 18.9 Å². The molecule has 4 nitrogen and oxygen atoms in total. The van der Waals surface area contributed by atoms with Gasteiger partial charge in [0.25, 0.3) is 5.91 Å². The van der Waals surface area contributed by atoms with Gasteiger partial charge in [-0.15, -0.1) is 0 Å². The van der Waals surface area contributed by atoms with Crippen molar-refractivity contribution in [1.82, 2.24) is 0 Å². The van der Waals surface area contributed by atoms with Gasteiger partial charge < -0.3 is 27.5 Å². The third-order valence-electron chi connectivity index (χ3n) is 2.64. The van der Waals surface area contributed by atoms with Gasteiger partial charge in [0.2, 0.25) is 0 Å². The van der Waals surface area contributed by atoms with Crippen LogP contribution in [0.1, 0.15) is 15.9 Å². The van der Waals surface area contributed by atoms with E-state index in [1.165, 1.54) is 0 Å². The van der Waals surface area contributed by atoms with Crippen LogP contribution in [-0.2, 0) is 6.54 Å². The first-order chi connectivity index (χ1) is 8.69. The summed E-state index contributed by atoms with van der Waals surface area (Å²) >= 11 is 0. The van der Waals surface area contributed by atoms with Crippen LogP contribution in [0.4, 0.5) is 0 Å². The van der Waals surface area contributed by atoms with Crippen LogP contribution in [0.2, 0.25) is 0 Å². The van der Waals surface area contributed by atoms with Crippen LogP contribution in [-0.4, -0.2) is 13.0 Å². The molecule has 1 heterocycles. The molecule has 0 radical (unpaired) electrons. The standard InChI is InChI=1S/C14H14N2O2.BrH/c1-18-13-6-2-4-11(8-13)9-16-7-3-5-12(10-16)14(15)17;/h2-8,10H,9H2,1H3,(H-,15,17);1H. The number of hydrogen-bond donors (Lipinski definition) is 1. The highest BCUT2D eigenvalue weighted by Gasteiger charge is 2.08. The van der Waals surface area contributed by atoms with E-state index in [0.29, 0.717) is 12.1 Å². The molecule has 0 aliphatic carbocycles. The van der Waals surface area contributed by atoms with Crippen molar-refractivity contribution in [1.29, 1.82) is 0 Å². The minimum Gasteiger partial charge on any atom is -1.00 e. The second-order valence-electron chi connectivity index (χ2n) is 3.98. The van der Waals surface area contributed by atoms with Crippen LogP contribution in [0.5, 0.6) is 5.75 Å². The fourth-order valence-corrected chi connectivity index (χ4v) is 1.75. The van der Waals surface area contributed by atoms with Gasteiger partial charge >= 0.3 is 0 Å². The van der Waals surface area contributed by atoms with Crippen molar-refractivity contribution in [2.24, 2.45) is 5.73 Å². The minimum absolute atomic E-state index is 0. The SMILES string of the molecule is COc1cccc(C[n+]2cccc(C(N)=O)c2)c1.[Br-]. The lowest BCUT2D eigenvalue weighted by Crippen LogP contribution is -3.00. The molecular weight excluding hydrogens is 308 g/mol. The predicted molar refractivity (Wildman–Crippen MR) is 67.3 cm³/mol. The number of methoxy groups -OCH3 is 1. The number of carbonyl (C=O) groups excluding carboxylic acids is 1. The molecule has 19 heavy (non-hydrogen) atoms. The summed E-state index contributed by atoms with van der Waals surface area (Å²) in [6.07, 6.45) is 3.63. The fraction of sp³-hybridized carbons (Fsp3) is 0.143. The maximum absolute atomic E-state index is 11.1. The van der Waals surface area contributed by atoms with Crippen molar-refractivity contribution < 1.29 is 31.1 Å². The van der Waals surface area contributed by atoms with E-state index in [9.17, 15) is 4.79 Å². The van der Waals surface area contributed by atoms with Gasteiger partial charge in [0, 0.05) is 11.6 Å². The third-order valence-corrected chi connectivity index (χ3v) is 2.64. The molecule has 5 heteroatoms. The lowest BCUT2D eigenvalue weighted by Gasteiger charge is -2.02. The largest absolute Gasteiger partial charge is 1.00 e. The number of primary amides is 1. The molecule has 0 saturated carbocycles. The van der Waals surface area contributed by atoms with E-state index < -0.39 is 5.91 Å². The van der Waals surface area contributed by atoms with Gasteiger partial charge in [-0.2, -0.15) is 4.57 Å². The van der Waals surface area contributed by atoms with E-state index in [2.05, 4.69) is 0 Å². The van der Waals surface area contributed by atoms with E-state index >= 15 is 0 Å². The Hall–Kier alpha value is -1.88. The summed E-state index contributed by atoms with van der Waals surface area (Å²) < 4.78 is 7.08. The normalized spacial score (nSPS) is 9.53. The summed E-state index contributed by atoms with van der Waals surface area (Å²) in [6, 6.07) is 11.3. The average molecular weight is 323 g/mol. The van der Waals surface area contributed by atoms with Crippen LogP contribution in [0.15, 0.2) is 48.8 Å². The zero-order chi connectivity index (χ0) is 13.0. The zero-order valence-corrected chi connectivity index (χ0v) is 12.1. The Kier molecular flexibility index (Phi) is 5.51. The topological polar surface area (TPSA) is 56.2 Å². The minimum atomic E-state index is -0.421. The lowest BCUT2D eigenvalue weighted by atomic mass is 10.2. The monoisotopic (exact) mass is 322 g/mol. The Balaban J connectivity index is 0.00000180. The number of ether oxygens (including phenoxy) is 1. The molecule has 0 unspecified atom stereocenters. The van der Waals surface area contributed by atoms with Crippen molar-refractivity contribution >= 4 is 5.91 Å². The van der Waals surface area contributed by atoms with E-state index in [4.69, 9.17) is 10.5 Å². The number of hydrogen-bond acceptors (Lipinski definition) is 2. The number of nitrogens with two attached hydrogens (primary N) is 1. The number of pyridine rings is 1. The molecule has 0 spiro atoms. The molecule has 0 bridgehead atoms. The summed E-state index contributed by atoms with van der Waals surface area (Å²) in [5.74, 6) is 0.397. The Morgan fingerprint density at radius 1 is 1.32 bits per heavy atom. The molecule has 2 rings (SSSR count). The van der Waals surface area contributed by atoms with Crippen LogP contribution in [0.3, 0.4) is 0 Å². The second-order valence-corrected chi connectivity index (χ2v) is 3.98. The van der Waals surface area contributed by atoms with Crippen LogP contribution in [0.25, 0.3) is 0 Å². The smallest absolute Gasteiger partial charge is 0.254 e. The van der Waals surface area contributed by atoms with Crippen LogP contribution in [0, 0.1) is 0 Å². The highest BCUT2D eigenvalue weighted by atomic mass is 79.9. The molecule has 0 saturated heterocycles. The number of amides is 1. The number of carbonyl (C=O) groups is 1. The van der Waals surface area contributed by atoms with Crippen molar-refractivity contribution in [3.05, 3.63) is 59.9 Å². The molecule has 0 aliphatic rings. The molecular formula is C14H15BrN2O2.